The van der Waals surface area contributed by atoms with E-state index in [1.54, 1.807) is 0 Å². The van der Waals surface area contributed by atoms with E-state index in [2.05, 4.69) is 0 Å². The summed E-state index contributed by atoms with van der Waals surface area (Å²) in [5.74, 6) is -0.843. The minimum Gasteiger partial charge on any atom is -0.504 e. The molecule has 0 atom stereocenters. The number of carbonyl (C=O) groups is 1. The van der Waals surface area contributed by atoms with Crippen LogP contribution in [0.5, 0.6) is 17.2 Å². The summed E-state index contributed by atoms with van der Waals surface area (Å²) in [6.07, 6.45) is 3.67. The van der Waals surface area contributed by atoms with Crippen molar-refractivity contribution in [1.82, 2.24) is 0 Å². The fourth-order valence-electron chi connectivity index (χ4n) is 1.58. The molecule has 1 aromatic heterocycles. The molecule has 0 fully saturated rings. The van der Waals surface area contributed by atoms with Crippen LogP contribution in [-0.2, 0) is 0 Å². The van der Waals surface area contributed by atoms with Crippen LogP contribution >= 0.6 is 0 Å². The van der Waals surface area contributed by atoms with E-state index in [0.717, 1.165) is 12.3 Å². The van der Waals surface area contributed by atoms with E-state index >= 15 is 0 Å². The Labute approximate surface area is 119 Å². The molecule has 0 aliphatic carbocycles. The highest BCUT2D eigenvalue weighted by Gasteiger charge is 2.07. The Morgan fingerprint density at radius 1 is 1.24 bits per heavy atom. The molecule has 0 unspecified atom stereocenters. The van der Waals surface area contributed by atoms with E-state index in [-0.39, 0.29) is 34.0 Å². The normalized spacial score (nSPS) is 10.7. The van der Waals surface area contributed by atoms with Crippen LogP contribution in [0.3, 0.4) is 0 Å². The van der Waals surface area contributed by atoms with Crippen LogP contribution in [0, 0.1) is 0 Å². The molecule has 2 rings (SSSR count). The Bertz CT molecular complexity index is 757. The molecule has 0 radical (unpaired) electrons. The van der Waals surface area contributed by atoms with E-state index in [0.29, 0.717) is 0 Å². The summed E-state index contributed by atoms with van der Waals surface area (Å²) in [5.41, 5.74) is -0.171. The van der Waals surface area contributed by atoms with Gasteiger partial charge in [-0.05, 0) is 30.4 Å². The van der Waals surface area contributed by atoms with Gasteiger partial charge in [-0.15, -0.1) is 0 Å². The zero-order chi connectivity index (χ0) is 15.4. The van der Waals surface area contributed by atoms with Gasteiger partial charge in [0.1, 0.15) is 12.0 Å². The smallest absolute Gasteiger partial charge is 0.227 e. The Balaban J connectivity index is 2.20. The number of hydrogen-bond donors (Lipinski definition) is 2. The van der Waals surface area contributed by atoms with Crippen molar-refractivity contribution in [2.75, 3.05) is 7.11 Å². The third kappa shape index (κ3) is 3.30. The van der Waals surface area contributed by atoms with E-state index in [1.807, 2.05) is 0 Å². The van der Waals surface area contributed by atoms with Gasteiger partial charge in [-0.1, -0.05) is 0 Å². The predicted octanol–water partition coefficient (Wildman–Crippen LogP) is 1.96. The van der Waals surface area contributed by atoms with Gasteiger partial charge in [0.15, 0.2) is 17.3 Å². The minimum atomic E-state index is -0.413. The molecule has 1 aromatic carbocycles. The lowest BCUT2D eigenvalue weighted by Gasteiger charge is -2.00. The van der Waals surface area contributed by atoms with Crippen LogP contribution < -0.4 is 10.2 Å². The molecule has 0 aliphatic heterocycles. The summed E-state index contributed by atoms with van der Waals surface area (Å²) < 4.78 is 9.88. The molecule has 21 heavy (non-hydrogen) atoms. The lowest BCUT2D eigenvalue weighted by atomic mass is 10.1. The monoisotopic (exact) mass is 288 g/mol. The minimum absolute atomic E-state index is 0.0712. The number of phenols is 2. The van der Waals surface area contributed by atoms with Crippen LogP contribution in [0.1, 0.15) is 16.1 Å². The lowest BCUT2D eigenvalue weighted by molar-refractivity contribution is 0.104. The van der Waals surface area contributed by atoms with Crippen LogP contribution in [0.25, 0.3) is 6.08 Å². The Hall–Kier alpha value is -3.02. The maximum atomic E-state index is 11.9. The second kappa shape index (κ2) is 5.96. The van der Waals surface area contributed by atoms with E-state index in [9.17, 15) is 19.8 Å². The lowest BCUT2D eigenvalue weighted by Crippen LogP contribution is -2.03. The number of ketones is 1. The number of aromatic hydroxyl groups is 2. The number of allylic oxidation sites excluding steroid dienone is 1. The largest absolute Gasteiger partial charge is 0.504 e. The van der Waals surface area contributed by atoms with Crippen LogP contribution in [0.2, 0.25) is 0 Å². The van der Waals surface area contributed by atoms with Crippen molar-refractivity contribution in [1.29, 1.82) is 0 Å². The summed E-state index contributed by atoms with van der Waals surface area (Å²) in [6, 6.07) is 4.92. The number of benzene rings is 1. The number of methoxy groups -OCH3 is 1. The Morgan fingerprint density at radius 2 is 2.00 bits per heavy atom. The molecular weight excluding hydrogens is 276 g/mol. The second-order valence-electron chi connectivity index (χ2n) is 4.12. The van der Waals surface area contributed by atoms with Crippen molar-refractivity contribution in [3.05, 3.63) is 58.2 Å². The maximum Gasteiger partial charge on any atom is 0.227 e. The Kier molecular flexibility index (Phi) is 4.08. The number of hydrogen-bond acceptors (Lipinski definition) is 6. The van der Waals surface area contributed by atoms with Crippen LogP contribution in [0.4, 0.5) is 0 Å². The molecule has 6 heteroatoms. The van der Waals surface area contributed by atoms with Crippen LogP contribution in [-0.4, -0.2) is 23.1 Å². The standard InChI is InChI=1S/C15H12O6/c1-20-15-8-21-10(7-14(15)19)3-5-11(16)9-2-4-12(17)13(18)6-9/h2-8,17-18H,1H3/b5-3-. The van der Waals surface area contributed by atoms with Gasteiger partial charge in [0.05, 0.1) is 7.11 Å². The van der Waals surface area contributed by atoms with Crippen LogP contribution in [0.15, 0.2) is 45.8 Å². The molecule has 1 heterocycles. The zero-order valence-corrected chi connectivity index (χ0v) is 11.1. The summed E-state index contributed by atoms with van der Waals surface area (Å²) in [5, 5.41) is 18.5. The molecule has 0 bridgehead atoms. The first-order valence-electron chi connectivity index (χ1n) is 5.92. The van der Waals surface area contributed by atoms with Gasteiger partial charge < -0.3 is 19.4 Å². The van der Waals surface area contributed by atoms with Gasteiger partial charge in [0.2, 0.25) is 11.2 Å². The van der Waals surface area contributed by atoms with Crippen molar-refractivity contribution in [3.8, 4) is 17.2 Å². The first-order valence-corrected chi connectivity index (χ1v) is 5.92. The summed E-state index contributed by atoms with van der Waals surface area (Å²) in [4.78, 5) is 23.4. The molecule has 0 saturated heterocycles. The number of phenolic OH excluding ortho intramolecular Hbond substituents is 2. The number of rotatable bonds is 4. The molecular formula is C15H12O6. The third-order valence-electron chi connectivity index (χ3n) is 2.70. The number of ether oxygens (including phenoxy) is 1. The average molecular weight is 288 g/mol. The molecule has 0 spiro atoms. The van der Waals surface area contributed by atoms with E-state index in [4.69, 9.17) is 9.15 Å². The molecule has 0 amide bonds. The highest BCUT2D eigenvalue weighted by molar-refractivity contribution is 6.07. The van der Waals surface area contributed by atoms with Crippen molar-refractivity contribution >= 4 is 11.9 Å². The predicted molar refractivity (Wildman–Crippen MR) is 74.7 cm³/mol. The van der Waals surface area contributed by atoms with Crippen molar-refractivity contribution < 1.29 is 24.2 Å². The van der Waals surface area contributed by atoms with Gasteiger partial charge in [-0.2, -0.15) is 0 Å². The SMILES string of the molecule is COc1coc(/C=C\C(=O)c2ccc(O)c(O)c2)cc1=O. The quantitative estimate of drug-likeness (QED) is 0.507. The first kappa shape index (κ1) is 14.4. The van der Waals surface area contributed by atoms with Crippen molar-refractivity contribution in [2.24, 2.45) is 0 Å². The summed E-state index contributed by atoms with van der Waals surface area (Å²) >= 11 is 0. The molecule has 2 N–H and O–H groups in total. The van der Waals surface area contributed by atoms with E-state index < -0.39 is 5.78 Å². The van der Waals surface area contributed by atoms with Crippen molar-refractivity contribution in [3.63, 3.8) is 0 Å². The topological polar surface area (TPSA) is 97.0 Å². The molecule has 0 aliphatic rings. The zero-order valence-electron chi connectivity index (χ0n) is 11.1. The molecule has 0 saturated carbocycles. The third-order valence-corrected chi connectivity index (χ3v) is 2.70. The molecule has 6 nitrogen and oxygen atoms in total. The fraction of sp³-hybridized carbons (Fsp3) is 0.0667. The van der Waals surface area contributed by atoms with Gasteiger partial charge in [0.25, 0.3) is 0 Å². The summed E-state index contributed by atoms with van der Waals surface area (Å²) in [6.45, 7) is 0. The first-order chi connectivity index (χ1) is 10.0. The molecule has 2 aromatic rings. The van der Waals surface area contributed by atoms with E-state index in [1.165, 1.54) is 37.5 Å². The highest BCUT2D eigenvalue weighted by Crippen LogP contribution is 2.25. The maximum absolute atomic E-state index is 11.9. The second-order valence-corrected chi connectivity index (χ2v) is 4.12. The van der Waals surface area contributed by atoms with Gasteiger partial charge in [-0.3, -0.25) is 9.59 Å². The average Bonchev–Trinajstić information content (AvgIpc) is 2.47. The Morgan fingerprint density at radius 3 is 2.62 bits per heavy atom. The highest BCUT2D eigenvalue weighted by atomic mass is 16.5. The number of carbonyl (C=O) groups excluding carboxylic acids is 1. The summed E-state index contributed by atoms with van der Waals surface area (Å²) in [7, 11) is 1.35. The fourth-order valence-corrected chi connectivity index (χ4v) is 1.58. The molecule has 108 valence electrons. The van der Waals surface area contributed by atoms with Gasteiger partial charge in [0, 0.05) is 11.6 Å². The van der Waals surface area contributed by atoms with Gasteiger partial charge >= 0.3 is 0 Å². The van der Waals surface area contributed by atoms with Crippen molar-refractivity contribution in [2.45, 2.75) is 0 Å². The van der Waals surface area contributed by atoms with Gasteiger partial charge in [-0.25, -0.2) is 0 Å².